The van der Waals surface area contributed by atoms with Crippen molar-refractivity contribution < 1.29 is 9.31 Å². The molecule has 0 atom stereocenters. The van der Waals surface area contributed by atoms with Crippen LogP contribution in [0.1, 0.15) is 33.3 Å². The normalized spacial score (nSPS) is 21.0. The van der Waals surface area contributed by atoms with Crippen LogP contribution in [0.4, 0.5) is 5.69 Å². The molecule has 0 aromatic carbocycles. The first-order valence-electron chi connectivity index (χ1n) is 6.51. The zero-order chi connectivity index (χ0) is 14.1. The van der Waals surface area contributed by atoms with Gasteiger partial charge in [0.05, 0.1) is 16.9 Å². The summed E-state index contributed by atoms with van der Waals surface area (Å²) in [6.45, 7) is 8.18. The smallest absolute Gasteiger partial charge is 0.400 e. The first-order valence-corrected chi connectivity index (χ1v) is 6.51. The Labute approximate surface area is 115 Å². The third kappa shape index (κ3) is 2.99. The van der Waals surface area contributed by atoms with Gasteiger partial charge in [0.25, 0.3) is 0 Å². The summed E-state index contributed by atoms with van der Waals surface area (Å²) in [5, 5.41) is 3.06. The van der Waals surface area contributed by atoms with Crippen molar-refractivity contribution in [3.8, 4) is 0 Å². The van der Waals surface area contributed by atoms with E-state index in [2.05, 4.69) is 10.3 Å². The number of nitrogens with one attached hydrogen (secondary N) is 1. The van der Waals surface area contributed by atoms with Crippen LogP contribution in [0.25, 0.3) is 6.08 Å². The molecule has 0 bridgehead atoms. The Morgan fingerprint density at radius 3 is 2.37 bits per heavy atom. The number of rotatable bonds is 3. The SMILES string of the molecule is CNc1cncc(/C=C/B2OC(C)(C)C(C)(C)O2)c1. The molecule has 19 heavy (non-hydrogen) atoms. The standard InChI is InChI=1S/C14H21BN2O2/c1-13(2)14(3,4)19-15(18-13)7-6-11-8-12(16-5)10-17-9-11/h6-10,16H,1-5H3/b7-6+. The van der Waals surface area contributed by atoms with Crippen molar-refractivity contribution in [2.75, 3.05) is 12.4 Å². The molecule has 1 aromatic heterocycles. The molecule has 1 aliphatic heterocycles. The number of aromatic nitrogens is 1. The third-order valence-electron chi connectivity index (χ3n) is 3.77. The number of hydrogen-bond donors (Lipinski definition) is 1. The summed E-state index contributed by atoms with van der Waals surface area (Å²) in [7, 11) is 1.56. The van der Waals surface area contributed by atoms with Crippen LogP contribution < -0.4 is 5.32 Å². The zero-order valence-corrected chi connectivity index (χ0v) is 12.2. The van der Waals surface area contributed by atoms with Crippen molar-refractivity contribution in [2.45, 2.75) is 38.9 Å². The average molecular weight is 260 g/mol. The summed E-state index contributed by atoms with van der Waals surface area (Å²) >= 11 is 0. The summed E-state index contributed by atoms with van der Waals surface area (Å²) in [6.07, 6.45) is 5.56. The molecule has 1 saturated heterocycles. The van der Waals surface area contributed by atoms with Gasteiger partial charge in [-0.15, -0.1) is 0 Å². The van der Waals surface area contributed by atoms with E-state index in [0.717, 1.165) is 11.3 Å². The second kappa shape index (κ2) is 4.98. The number of anilines is 1. The molecule has 2 rings (SSSR count). The lowest BCUT2D eigenvalue weighted by Crippen LogP contribution is -2.41. The van der Waals surface area contributed by atoms with E-state index in [1.165, 1.54) is 0 Å². The minimum absolute atomic E-state index is 0.299. The Hall–Kier alpha value is -1.33. The molecule has 2 heterocycles. The molecule has 1 N–H and O–H groups in total. The number of nitrogens with zero attached hydrogens (tertiary/aromatic N) is 1. The Morgan fingerprint density at radius 2 is 1.79 bits per heavy atom. The first kappa shape index (κ1) is 14.1. The van der Waals surface area contributed by atoms with Gasteiger partial charge < -0.3 is 14.6 Å². The Bertz CT molecular complexity index is 470. The molecule has 0 aliphatic carbocycles. The molecule has 4 nitrogen and oxygen atoms in total. The highest BCUT2D eigenvalue weighted by atomic mass is 16.7. The predicted molar refractivity (Wildman–Crippen MR) is 78.9 cm³/mol. The molecule has 1 fully saturated rings. The monoisotopic (exact) mass is 260 g/mol. The van der Waals surface area contributed by atoms with E-state index in [-0.39, 0.29) is 18.3 Å². The van der Waals surface area contributed by atoms with Crippen LogP contribution in [-0.4, -0.2) is 30.4 Å². The highest BCUT2D eigenvalue weighted by molar-refractivity contribution is 6.52. The van der Waals surface area contributed by atoms with E-state index in [0.29, 0.717) is 0 Å². The van der Waals surface area contributed by atoms with Crippen molar-refractivity contribution in [1.82, 2.24) is 4.98 Å². The fourth-order valence-corrected chi connectivity index (χ4v) is 1.84. The van der Waals surface area contributed by atoms with Gasteiger partial charge in [0.2, 0.25) is 0 Å². The van der Waals surface area contributed by atoms with Crippen LogP contribution in [-0.2, 0) is 9.31 Å². The fraction of sp³-hybridized carbons (Fsp3) is 0.500. The molecule has 1 aromatic rings. The lowest BCUT2D eigenvalue weighted by atomic mass is 9.89. The minimum Gasteiger partial charge on any atom is -0.400 e. The van der Waals surface area contributed by atoms with Crippen LogP contribution >= 0.6 is 0 Å². The molecular weight excluding hydrogens is 239 g/mol. The van der Waals surface area contributed by atoms with E-state index < -0.39 is 0 Å². The van der Waals surface area contributed by atoms with E-state index >= 15 is 0 Å². The Morgan fingerprint density at radius 1 is 1.16 bits per heavy atom. The predicted octanol–water partition coefficient (Wildman–Crippen LogP) is 2.77. The van der Waals surface area contributed by atoms with Gasteiger partial charge in [0, 0.05) is 19.4 Å². The molecule has 0 saturated carbocycles. The lowest BCUT2D eigenvalue weighted by Gasteiger charge is -2.32. The molecule has 1 aliphatic rings. The molecule has 0 amide bonds. The van der Waals surface area contributed by atoms with Gasteiger partial charge in [-0.3, -0.25) is 4.98 Å². The molecule has 102 valence electrons. The quantitative estimate of drug-likeness (QED) is 0.848. The highest BCUT2D eigenvalue weighted by Crippen LogP contribution is 2.37. The average Bonchev–Trinajstić information content (AvgIpc) is 2.56. The maximum atomic E-state index is 5.90. The van der Waals surface area contributed by atoms with Crippen molar-refractivity contribution in [3.63, 3.8) is 0 Å². The number of hydrogen-bond acceptors (Lipinski definition) is 4. The second-order valence-electron chi connectivity index (χ2n) is 5.74. The summed E-state index contributed by atoms with van der Waals surface area (Å²) in [5.41, 5.74) is 1.40. The summed E-state index contributed by atoms with van der Waals surface area (Å²) < 4.78 is 11.8. The lowest BCUT2D eigenvalue weighted by molar-refractivity contribution is 0.00578. The van der Waals surface area contributed by atoms with E-state index in [1.54, 1.807) is 6.20 Å². The van der Waals surface area contributed by atoms with Crippen LogP contribution in [0, 0.1) is 0 Å². The minimum atomic E-state index is -0.316. The maximum absolute atomic E-state index is 5.90. The molecule has 0 radical (unpaired) electrons. The Kier molecular flexibility index (Phi) is 3.70. The van der Waals surface area contributed by atoms with Gasteiger partial charge in [0.15, 0.2) is 0 Å². The van der Waals surface area contributed by atoms with Gasteiger partial charge in [0.1, 0.15) is 0 Å². The van der Waals surface area contributed by atoms with Crippen molar-refractivity contribution in [2.24, 2.45) is 0 Å². The molecular formula is C14H21BN2O2. The van der Waals surface area contributed by atoms with Crippen molar-refractivity contribution in [1.29, 1.82) is 0 Å². The third-order valence-corrected chi connectivity index (χ3v) is 3.77. The van der Waals surface area contributed by atoms with E-state index in [1.807, 2.05) is 59.1 Å². The van der Waals surface area contributed by atoms with Crippen LogP contribution in [0.2, 0.25) is 0 Å². The van der Waals surface area contributed by atoms with E-state index in [9.17, 15) is 0 Å². The van der Waals surface area contributed by atoms with Crippen molar-refractivity contribution in [3.05, 3.63) is 30.0 Å². The summed E-state index contributed by atoms with van der Waals surface area (Å²) in [4.78, 5) is 4.16. The topological polar surface area (TPSA) is 43.4 Å². The molecule has 5 heteroatoms. The van der Waals surface area contributed by atoms with Gasteiger partial charge in [-0.2, -0.15) is 0 Å². The van der Waals surface area contributed by atoms with Crippen LogP contribution in [0.15, 0.2) is 24.4 Å². The maximum Gasteiger partial charge on any atom is 0.487 e. The first-order chi connectivity index (χ1) is 8.84. The zero-order valence-electron chi connectivity index (χ0n) is 12.2. The van der Waals surface area contributed by atoms with Gasteiger partial charge in [-0.25, -0.2) is 0 Å². The van der Waals surface area contributed by atoms with Gasteiger partial charge in [-0.05, 0) is 39.3 Å². The number of pyridine rings is 1. The highest BCUT2D eigenvalue weighted by Gasteiger charge is 2.49. The molecule has 0 unspecified atom stereocenters. The summed E-state index contributed by atoms with van der Waals surface area (Å²) in [6, 6.07) is 2.02. The van der Waals surface area contributed by atoms with E-state index in [4.69, 9.17) is 9.31 Å². The van der Waals surface area contributed by atoms with Gasteiger partial charge in [-0.1, -0.05) is 12.1 Å². The summed E-state index contributed by atoms with van der Waals surface area (Å²) in [5.74, 6) is 1.92. The fourth-order valence-electron chi connectivity index (χ4n) is 1.84. The molecule has 0 spiro atoms. The largest absolute Gasteiger partial charge is 0.487 e. The van der Waals surface area contributed by atoms with Crippen molar-refractivity contribution >= 4 is 18.9 Å². The Balaban J connectivity index is 2.08. The second-order valence-corrected chi connectivity index (χ2v) is 5.74. The van der Waals surface area contributed by atoms with Crippen LogP contribution in [0.3, 0.4) is 0 Å². The van der Waals surface area contributed by atoms with Crippen LogP contribution in [0.5, 0.6) is 0 Å². The van der Waals surface area contributed by atoms with Gasteiger partial charge >= 0.3 is 7.12 Å².